The fourth-order valence-corrected chi connectivity index (χ4v) is 1.60. The van der Waals surface area contributed by atoms with Crippen molar-refractivity contribution >= 4 is 5.97 Å². The lowest BCUT2D eigenvalue weighted by molar-refractivity contribution is 0.0424. The molecule has 6 heteroatoms. The van der Waals surface area contributed by atoms with Gasteiger partial charge >= 0.3 is 5.97 Å². The summed E-state index contributed by atoms with van der Waals surface area (Å²) >= 11 is 0. The van der Waals surface area contributed by atoms with Gasteiger partial charge in [-0.1, -0.05) is 18.2 Å². The predicted molar refractivity (Wildman–Crippen MR) is 70.6 cm³/mol. The van der Waals surface area contributed by atoms with Crippen molar-refractivity contribution in [2.75, 3.05) is 7.11 Å². The molecule has 0 spiro atoms. The molecule has 0 unspecified atom stereocenters. The van der Waals surface area contributed by atoms with Crippen molar-refractivity contribution < 1.29 is 14.3 Å². The number of methoxy groups -OCH3 is 1. The van der Waals surface area contributed by atoms with Gasteiger partial charge in [0, 0.05) is 0 Å². The van der Waals surface area contributed by atoms with Crippen LogP contribution >= 0.6 is 0 Å². The van der Waals surface area contributed by atoms with E-state index in [1.54, 1.807) is 6.20 Å². The third-order valence-electron chi connectivity index (χ3n) is 2.58. The molecule has 1 aromatic heterocycles. The molecule has 102 valence electrons. The van der Waals surface area contributed by atoms with Crippen LogP contribution in [0.3, 0.4) is 0 Å². The van der Waals surface area contributed by atoms with Crippen LogP contribution in [0.2, 0.25) is 0 Å². The van der Waals surface area contributed by atoms with E-state index < -0.39 is 12.1 Å². The van der Waals surface area contributed by atoms with Crippen LogP contribution in [0.4, 0.5) is 0 Å². The van der Waals surface area contributed by atoms with E-state index in [9.17, 15) is 4.79 Å². The van der Waals surface area contributed by atoms with Gasteiger partial charge in [-0.25, -0.2) is 9.48 Å². The first-order valence-electron chi connectivity index (χ1n) is 5.95. The summed E-state index contributed by atoms with van der Waals surface area (Å²) in [6.07, 6.45) is 0.747. The fraction of sp³-hybridized carbons (Fsp3) is 0.214. The normalized spacial score (nSPS) is 11.4. The van der Waals surface area contributed by atoms with E-state index in [2.05, 4.69) is 5.10 Å². The number of nitrogens with zero attached hydrogens (tertiary/aromatic N) is 3. The maximum Gasteiger partial charge on any atom is 0.364 e. The van der Waals surface area contributed by atoms with Crippen molar-refractivity contribution in [3.8, 4) is 17.5 Å². The number of rotatable bonds is 4. The molecule has 0 N–H and O–H groups in total. The highest BCUT2D eigenvalue weighted by atomic mass is 16.5. The van der Waals surface area contributed by atoms with Crippen LogP contribution in [-0.2, 0) is 4.74 Å². The molecule has 20 heavy (non-hydrogen) atoms. The lowest BCUT2D eigenvalue weighted by atomic mass is 10.3. The third kappa shape index (κ3) is 2.78. The molecule has 0 aliphatic rings. The number of aromatic nitrogens is 2. The molecule has 6 nitrogen and oxygen atoms in total. The topological polar surface area (TPSA) is 77.1 Å². The third-order valence-corrected chi connectivity index (χ3v) is 2.58. The van der Waals surface area contributed by atoms with Gasteiger partial charge < -0.3 is 9.47 Å². The Hall–Kier alpha value is -2.81. The van der Waals surface area contributed by atoms with Crippen molar-refractivity contribution in [2.45, 2.75) is 13.0 Å². The van der Waals surface area contributed by atoms with Crippen LogP contribution in [0.25, 0.3) is 5.69 Å². The molecule has 1 heterocycles. The van der Waals surface area contributed by atoms with Gasteiger partial charge in [0.05, 0.1) is 19.0 Å². The zero-order valence-corrected chi connectivity index (χ0v) is 11.1. The largest absolute Gasteiger partial charge is 0.493 e. The smallest absolute Gasteiger partial charge is 0.364 e. The number of hydrogen-bond donors (Lipinski definition) is 0. The molecule has 0 saturated heterocycles. The van der Waals surface area contributed by atoms with Crippen LogP contribution in [0.5, 0.6) is 5.75 Å². The maximum atomic E-state index is 11.9. The Morgan fingerprint density at radius 2 is 2.10 bits per heavy atom. The van der Waals surface area contributed by atoms with Crippen molar-refractivity contribution in [3.05, 3.63) is 42.2 Å². The molecule has 0 fully saturated rings. The molecule has 1 aromatic carbocycles. The Kier molecular flexibility index (Phi) is 4.01. The summed E-state index contributed by atoms with van der Waals surface area (Å²) in [7, 11) is 1.44. The zero-order chi connectivity index (χ0) is 14.5. The van der Waals surface area contributed by atoms with Gasteiger partial charge in [0.1, 0.15) is 6.07 Å². The molecule has 0 aliphatic carbocycles. The molecular formula is C14H13N3O3. The molecule has 0 saturated carbocycles. The van der Waals surface area contributed by atoms with Gasteiger partial charge in [0.25, 0.3) is 0 Å². The molecule has 0 aliphatic heterocycles. The standard InChI is InChI=1S/C14H13N3O3/c1-10(8-15)20-14(18)13-12(19-2)9-17(16-13)11-6-4-3-5-7-11/h3-7,9-10H,1-2H3/t10-/m0/s1. The first-order chi connectivity index (χ1) is 9.65. The number of carbonyl (C=O) groups excluding carboxylic acids is 1. The Labute approximate surface area is 116 Å². The van der Waals surface area contributed by atoms with Crippen LogP contribution in [0.15, 0.2) is 36.5 Å². The van der Waals surface area contributed by atoms with E-state index in [0.29, 0.717) is 5.75 Å². The van der Waals surface area contributed by atoms with Gasteiger partial charge in [-0.05, 0) is 19.1 Å². The number of hydrogen-bond acceptors (Lipinski definition) is 5. The van der Waals surface area contributed by atoms with Gasteiger partial charge in [-0.3, -0.25) is 0 Å². The Morgan fingerprint density at radius 1 is 1.40 bits per heavy atom. The van der Waals surface area contributed by atoms with E-state index in [4.69, 9.17) is 14.7 Å². The van der Waals surface area contributed by atoms with Gasteiger partial charge in [-0.15, -0.1) is 0 Å². The van der Waals surface area contributed by atoms with Crippen LogP contribution < -0.4 is 4.74 Å². The molecule has 2 rings (SSSR count). The van der Waals surface area contributed by atoms with Gasteiger partial charge in [-0.2, -0.15) is 10.4 Å². The molecule has 2 aromatic rings. The number of nitriles is 1. The minimum atomic E-state index is -0.839. The number of esters is 1. The average molecular weight is 271 g/mol. The summed E-state index contributed by atoms with van der Waals surface area (Å²) in [6, 6.07) is 11.1. The van der Waals surface area contributed by atoms with Gasteiger partial charge in [0.15, 0.2) is 11.9 Å². The molecule has 1 atom stereocenters. The predicted octanol–water partition coefficient (Wildman–Crippen LogP) is 1.95. The average Bonchev–Trinajstić information content (AvgIpc) is 2.92. The van der Waals surface area contributed by atoms with E-state index >= 15 is 0 Å². The molecular weight excluding hydrogens is 258 g/mol. The van der Waals surface area contributed by atoms with Crippen molar-refractivity contribution in [1.82, 2.24) is 9.78 Å². The summed E-state index contributed by atoms with van der Waals surface area (Å²) in [5.41, 5.74) is 0.830. The lowest BCUT2D eigenvalue weighted by Gasteiger charge is -2.04. The second-order valence-electron chi connectivity index (χ2n) is 4.00. The van der Waals surface area contributed by atoms with Crippen LogP contribution in [-0.4, -0.2) is 29.0 Å². The fourth-order valence-electron chi connectivity index (χ4n) is 1.60. The second kappa shape index (κ2) is 5.89. The van der Waals surface area contributed by atoms with E-state index in [1.165, 1.54) is 18.7 Å². The van der Waals surface area contributed by atoms with Crippen molar-refractivity contribution in [1.29, 1.82) is 5.26 Å². The Morgan fingerprint density at radius 3 is 2.70 bits per heavy atom. The molecule has 0 amide bonds. The van der Waals surface area contributed by atoms with E-state index in [1.807, 2.05) is 36.4 Å². The number of carbonyl (C=O) groups is 1. The lowest BCUT2D eigenvalue weighted by Crippen LogP contribution is -2.14. The zero-order valence-electron chi connectivity index (χ0n) is 11.1. The summed E-state index contributed by atoms with van der Waals surface area (Å²) in [4.78, 5) is 11.9. The minimum absolute atomic E-state index is 0.0402. The highest BCUT2D eigenvalue weighted by Gasteiger charge is 2.21. The van der Waals surface area contributed by atoms with Crippen LogP contribution in [0, 0.1) is 11.3 Å². The summed E-state index contributed by atoms with van der Waals surface area (Å²) < 4.78 is 11.6. The minimum Gasteiger partial charge on any atom is -0.493 e. The first-order valence-corrected chi connectivity index (χ1v) is 5.95. The highest BCUT2D eigenvalue weighted by Crippen LogP contribution is 2.20. The quantitative estimate of drug-likeness (QED) is 0.794. The Balaban J connectivity index is 2.33. The molecule has 0 bridgehead atoms. The maximum absolute atomic E-state index is 11.9. The SMILES string of the molecule is COc1cn(-c2ccccc2)nc1C(=O)O[C@@H](C)C#N. The summed E-state index contributed by atoms with van der Waals surface area (Å²) in [5.74, 6) is -0.394. The highest BCUT2D eigenvalue weighted by molar-refractivity contribution is 5.90. The number of ether oxygens (including phenoxy) is 2. The van der Waals surface area contributed by atoms with Crippen LogP contribution in [0.1, 0.15) is 17.4 Å². The second-order valence-corrected chi connectivity index (χ2v) is 4.00. The first kappa shape index (κ1) is 13.6. The van der Waals surface area contributed by atoms with E-state index in [-0.39, 0.29) is 5.69 Å². The van der Waals surface area contributed by atoms with Crippen molar-refractivity contribution in [3.63, 3.8) is 0 Å². The molecule has 0 radical (unpaired) electrons. The van der Waals surface area contributed by atoms with Crippen molar-refractivity contribution in [2.24, 2.45) is 0 Å². The Bertz CT molecular complexity index is 643. The summed E-state index contributed by atoms with van der Waals surface area (Å²) in [5, 5.41) is 12.8. The van der Waals surface area contributed by atoms with Gasteiger partial charge in [0.2, 0.25) is 5.69 Å². The monoisotopic (exact) mass is 271 g/mol. The number of benzene rings is 1. The number of para-hydroxylation sites is 1. The summed E-state index contributed by atoms with van der Waals surface area (Å²) in [6.45, 7) is 1.48. The van der Waals surface area contributed by atoms with E-state index in [0.717, 1.165) is 5.69 Å².